The summed E-state index contributed by atoms with van der Waals surface area (Å²) in [6.07, 6.45) is -4.29. The predicted octanol–water partition coefficient (Wildman–Crippen LogP) is 1.43. The molecule has 4 aromatic rings. The highest BCUT2D eigenvalue weighted by atomic mass is 32.2. The van der Waals surface area contributed by atoms with Gasteiger partial charge in [-0.2, -0.15) is 0 Å². The van der Waals surface area contributed by atoms with Crippen molar-refractivity contribution in [2.24, 2.45) is 7.05 Å². The van der Waals surface area contributed by atoms with Crippen LogP contribution in [0.1, 0.15) is 22.8 Å². The molecular formula is C31H30N6O7S. The lowest BCUT2D eigenvalue weighted by Gasteiger charge is -2.47. The Morgan fingerprint density at radius 1 is 0.956 bits per heavy atom. The molecule has 0 spiro atoms. The lowest BCUT2D eigenvalue weighted by molar-refractivity contribution is -0.220. The third-order valence-corrected chi connectivity index (χ3v) is 7.95. The van der Waals surface area contributed by atoms with E-state index in [0.717, 1.165) is 22.2 Å². The molecule has 2 heterocycles. The van der Waals surface area contributed by atoms with Crippen LogP contribution in [0.25, 0.3) is 0 Å². The number of aryl methyl sites for hydroxylation is 1. The molecule has 1 aliphatic rings. The van der Waals surface area contributed by atoms with Gasteiger partial charge in [0, 0.05) is 7.05 Å². The number of nitrogens with zero attached hydrogens (tertiary/aromatic N) is 5. The smallest absolute Gasteiger partial charge is 0.357 e. The molecule has 2 N–H and O–H groups in total. The van der Waals surface area contributed by atoms with Crippen molar-refractivity contribution in [1.29, 1.82) is 0 Å². The number of ether oxygens (including phenoxy) is 2. The first kappa shape index (κ1) is 31.5. The van der Waals surface area contributed by atoms with Crippen molar-refractivity contribution < 1.29 is 33.8 Å². The van der Waals surface area contributed by atoms with E-state index in [4.69, 9.17) is 9.47 Å². The number of carbonyl (C=O) groups excluding carboxylic acids is 4. The number of aromatic nitrogens is 4. The fourth-order valence-corrected chi connectivity index (χ4v) is 5.34. The van der Waals surface area contributed by atoms with Crippen molar-refractivity contribution in [3.8, 4) is 0 Å². The maximum atomic E-state index is 13.3. The highest BCUT2D eigenvalue weighted by molar-refractivity contribution is 7.99. The summed E-state index contributed by atoms with van der Waals surface area (Å²) in [7, 11) is 1.63. The van der Waals surface area contributed by atoms with Gasteiger partial charge in [-0.3, -0.25) is 19.3 Å². The molecule has 0 bridgehead atoms. The maximum Gasteiger partial charge on any atom is 0.357 e. The third kappa shape index (κ3) is 7.78. The Hall–Kier alpha value is -4.92. The van der Waals surface area contributed by atoms with Crippen molar-refractivity contribution in [2.45, 2.75) is 36.2 Å². The number of carbonyl (C=O) groups is 4. The molecule has 0 saturated carbocycles. The first-order chi connectivity index (χ1) is 21.8. The van der Waals surface area contributed by atoms with Crippen molar-refractivity contribution >= 4 is 35.3 Å². The van der Waals surface area contributed by atoms with Crippen LogP contribution in [-0.2, 0) is 42.1 Å². The minimum Gasteiger partial charge on any atom is -0.449 e. The molecule has 14 heteroatoms. The van der Waals surface area contributed by atoms with Gasteiger partial charge in [0.25, 0.3) is 5.91 Å². The summed E-state index contributed by atoms with van der Waals surface area (Å²) in [4.78, 5) is 52.7. The molecular weight excluding hydrogens is 600 g/mol. The number of aliphatic hydroxyl groups is 1. The molecule has 5 rings (SSSR count). The summed E-state index contributed by atoms with van der Waals surface area (Å²) < 4.78 is 12.9. The molecule has 0 aliphatic carbocycles. The van der Waals surface area contributed by atoms with Crippen molar-refractivity contribution in [2.75, 3.05) is 12.4 Å². The number of aliphatic hydroxyl groups excluding tert-OH is 1. The second-order valence-corrected chi connectivity index (χ2v) is 11.0. The number of ketones is 1. The number of nitrogens with one attached hydrogen (secondary N) is 1. The van der Waals surface area contributed by atoms with Crippen LogP contribution in [0.5, 0.6) is 0 Å². The fraction of sp³-hybridized carbons (Fsp3) is 0.258. The van der Waals surface area contributed by atoms with Gasteiger partial charge in [0.05, 0.1) is 12.2 Å². The maximum absolute atomic E-state index is 13.3. The van der Waals surface area contributed by atoms with Crippen LogP contribution < -0.4 is 5.32 Å². The van der Waals surface area contributed by atoms with Crippen LogP contribution in [0.2, 0.25) is 0 Å². The molecule has 3 atom stereocenters. The second kappa shape index (κ2) is 14.7. The SMILES string of the molecule is Cn1nnnc1SCC(=O)CO[C@H]1[C@H](NC(=O)Cc2ccccc2)C(=O)N1C(O)C(=O)OC(c1ccccc1)c1ccccc1. The summed E-state index contributed by atoms with van der Waals surface area (Å²) in [6.45, 7) is -0.476. The molecule has 2 amide bonds. The summed E-state index contributed by atoms with van der Waals surface area (Å²) in [5.74, 6) is -2.77. The van der Waals surface area contributed by atoms with Crippen molar-refractivity contribution in [3.05, 3.63) is 108 Å². The van der Waals surface area contributed by atoms with Gasteiger partial charge in [-0.1, -0.05) is 103 Å². The summed E-state index contributed by atoms with van der Waals surface area (Å²) in [5, 5.41) is 25.1. The molecule has 1 aromatic heterocycles. The van der Waals surface area contributed by atoms with Gasteiger partial charge in [0.15, 0.2) is 24.2 Å². The Labute approximate surface area is 262 Å². The first-order valence-electron chi connectivity index (χ1n) is 13.9. The number of Topliss-reactive ketones (excluding diaryl/α,β-unsaturated/α-hetero) is 1. The van der Waals surface area contributed by atoms with Crippen LogP contribution >= 0.6 is 11.8 Å². The number of thioether (sulfide) groups is 1. The Bertz CT molecular complexity index is 1580. The topological polar surface area (TPSA) is 166 Å². The Kier molecular flexibility index (Phi) is 10.3. The number of β-lactam (4-membered cyclic amide) rings is 1. The van der Waals surface area contributed by atoms with E-state index in [1.54, 1.807) is 79.8 Å². The average Bonchev–Trinajstić information content (AvgIpc) is 3.48. The zero-order valence-corrected chi connectivity index (χ0v) is 24.9. The van der Waals surface area contributed by atoms with E-state index >= 15 is 0 Å². The molecule has 232 valence electrons. The number of benzene rings is 3. The van der Waals surface area contributed by atoms with Gasteiger partial charge >= 0.3 is 5.97 Å². The predicted molar refractivity (Wildman–Crippen MR) is 160 cm³/mol. The number of hydrogen-bond acceptors (Lipinski definition) is 11. The average molecular weight is 631 g/mol. The normalized spacial score (nSPS) is 16.6. The number of hydrogen-bond donors (Lipinski definition) is 2. The van der Waals surface area contributed by atoms with E-state index in [1.165, 1.54) is 4.68 Å². The van der Waals surface area contributed by atoms with E-state index in [-0.39, 0.29) is 18.0 Å². The van der Waals surface area contributed by atoms with Gasteiger partial charge in [0.2, 0.25) is 17.3 Å². The minimum absolute atomic E-state index is 0.0148. The first-order valence-corrected chi connectivity index (χ1v) is 14.9. The Morgan fingerprint density at radius 2 is 1.56 bits per heavy atom. The minimum atomic E-state index is -2.08. The zero-order chi connectivity index (χ0) is 31.8. The highest BCUT2D eigenvalue weighted by Crippen LogP contribution is 2.29. The third-order valence-electron chi connectivity index (χ3n) is 6.88. The molecule has 0 radical (unpaired) electrons. The number of esters is 1. The molecule has 13 nitrogen and oxygen atoms in total. The molecule has 1 fully saturated rings. The standard InChI is InChI=1S/C31H30N6O7S/c1-36-31(33-34-35-36)45-19-23(38)18-43-29-25(32-24(39)17-20-11-5-2-6-12-20)27(40)37(29)28(41)30(42)44-26(21-13-7-3-8-14-21)22-15-9-4-10-16-22/h2-16,25-26,28-29,41H,17-19H2,1H3,(H,32,39)/t25-,28?,29+/m1/s1. The van der Waals surface area contributed by atoms with Crippen molar-refractivity contribution in [1.82, 2.24) is 30.4 Å². The Balaban J connectivity index is 1.29. The highest BCUT2D eigenvalue weighted by Gasteiger charge is 2.54. The zero-order valence-electron chi connectivity index (χ0n) is 24.1. The van der Waals surface area contributed by atoms with Gasteiger partial charge in [-0.05, 0) is 27.1 Å². The summed E-state index contributed by atoms with van der Waals surface area (Å²) >= 11 is 1.09. The molecule has 45 heavy (non-hydrogen) atoms. The summed E-state index contributed by atoms with van der Waals surface area (Å²) in [6, 6.07) is 25.6. The van der Waals surface area contributed by atoms with Crippen LogP contribution in [0.3, 0.4) is 0 Å². The van der Waals surface area contributed by atoms with Gasteiger partial charge in [-0.25, -0.2) is 9.48 Å². The van der Waals surface area contributed by atoms with E-state index < -0.39 is 49.0 Å². The lowest BCUT2D eigenvalue weighted by Crippen LogP contribution is -2.75. The van der Waals surface area contributed by atoms with Crippen LogP contribution in [-0.4, -0.2) is 84.6 Å². The quantitative estimate of drug-likeness (QED) is 0.118. The van der Waals surface area contributed by atoms with Crippen LogP contribution in [0.4, 0.5) is 0 Å². The van der Waals surface area contributed by atoms with Gasteiger partial charge < -0.3 is 19.9 Å². The molecule has 3 aromatic carbocycles. The number of rotatable bonds is 14. The monoisotopic (exact) mass is 630 g/mol. The summed E-state index contributed by atoms with van der Waals surface area (Å²) in [5.41, 5.74) is 2.02. The lowest BCUT2D eigenvalue weighted by atomic mass is 10.0. The van der Waals surface area contributed by atoms with E-state index in [1.807, 2.05) is 18.2 Å². The fourth-order valence-electron chi connectivity index (χ4n) is 4.64. The van der Waals surface area contributed by atoms with Crippen molar-refractivity contribution in [3.63, 3.8) is 0 Å². The molecule has 1 unspecified atom stereocenters. The number of tetrazole rings is 1. The second-order valence-electron chi connectivity index (χ2n) is 10.1. The van der Waals surface area contributed by atoms with E-state index in [2.05, 4.69) is 20.8 Å². The van der Waals surface area contributed by atoms with Crippen LogP contribution in [0.15, 0.2) is 96.2 Å². The van der Waals surface area contributed by atoms with Crippen LogP contribution in [0, 0.1) is 0 Å². The number of likely N-dealkylation sites (tertiary alicyclic amines) is 1. The number of amides is 2. The van der Waals surface area contributed by atoms with E-state index in [0.29, 0.717) is 16.3 Å². The van der Waals surface area contributed by atoms with Gasteiger partial charge in [-0.15, -0.1) is 5.10 Å². The molecule has 1 saturated heterocycles. The van der Waals surface area contributed by atoms with E-state index in [9.17, 15) is 24.3 Å². The van der Waals surface area contributed by atoms with Gasteiger partial charge in [0.1, 0.15) is 6.61 Å². The Morgan fingerprint density at radius 3 is 2.13 bits per heavy atom. The largest absolute Gasteiger partial charge is 0.449 e. The molecule has 1 aliphatic heterocycles.